The summed E-state index contributed by atoms with van der Waals surface area (Å²) in [6.07, 6.45) is 0.206. The van der Waals surface area contributed by atoms with Crippen molar-refractivity contribution >= 4 is 58.9 Å². The number of hydrogen-bond donors (Lipinski definition) is 1. The van der Waals surface area contributed by atoms with Gasteiger partial charge in [0.2, 0.25) is 19.8 Å². The number of nitrogens with zero attached hydrogens (tertiary/aromatic N) is 2. The Morgan fingerprint density at radius 3 is 2.49 bits per heavy atom. The highest BCUT2D eigenvalue weighted by Crippen LogP contribution is 2.37. The summed E-state index contributed by atoms with van der Waals surface area (Å²) < 4.78 is 29.0. The minimum absolute atomic E-state index is 0.133. The predicted molar refractivity (Wildman–Crippen MR) is 132 cm³/mol. The largest absolute Gasteiger partial charge is 0.349 e. The smallest absolute Gasteiger partial charge is 0.346 e. The molecule has 1 saturated heterocycles. The minimum Gasteiger partial charge on any atom is -0.346 e. The van der Waals surface area contributed by atoms with Gasteiger partial charge in [-0.1, -0.05) is 35.9 Å². The molecule has 2 heterocycles. The van der Waals surface area contributed by atoms with Gasteiger partial charge in [0.25, 0.3) is 11.8 Å². The average molecular weight is 497 g/mol. The summed E-state index contributed by atoms with van der Waals surface area (Å²) >= 11 is 5.73. The zero-order valence-electron chi connectivity index (χ0n) is 19.4. The number of piperidine rings is 1. The number of benzene rings is 2. The molecule has 1 N–H and O–H groups in total. The van der Waals surface area contributed by atoms with Crippen LogP contribution in [0.15, 0.2) is 42.5 Å². The second-order valence-corrected chi connectivity index (χ2v) is 9.66. The maximum absolute atomic E-state index is 14.5. The molecule has 7 nitrogen and oxygen atoms in total. The summed E-state index contributed by atoms with van der Waals surface area (Å²) in [6, 6.07) is 9.55. The molecule has 0 spiro atoms. The molecule has 2 atom stereocenters. The van der Waals surface area contributed by atoms with E-state index in [0.29, 0.717) is 16.7 Å². The van der Waals surface area contributed by atoms with Gasteiger partial charge in [-0.25, -0.2) is 0 Å². The van der Waals surface area contributed by atoms with Crippen molar-refractivity contribution in [1.82, 2.24) is 15.0 Å². The quantitative estimate of drug-likeness (QED) is 0.457. The first-order valence-electron chi connectivity index (χ1n) is 11.0. The highest BCUT2D eigenvalue weighted by atomic mass is 35.5. The van der Waals surface area contributed by atoms with Crippen LogP contribution in [0.4, 0.5) is 8.78 Å². The van der Waals surface area contributed by atoms with Crippen LogP contribution in [0.25, 0.3) is 0 Å². The second kappa shape index (κ2) is 8.82. The molecule has 13 heteroatoms. The lowest BCUT2D eigenvalue weighted by Gasteiger charge is -2.45. The molecule has 0 aliphatic carbocycles. The van der Waals surface area contributed by atoms with Gasteiger partial charge in [0.05, 0.1) is 5.44 Å². The van der Waals surface area contributed by atoms with Crippen LogP contribution in [-0.4, -0.2) is 62.5 Å². The third-order valence-corrected chi connectivity index (χ3v) is 6.99. The van der Waals surface area contributed by atoms with E-state index in [1.807, 2.05) is 0 Å². The Morgan fingerprint density at radius 2 is 1.83 bits per heavy atom. The zero-order chi connectivity index (χ0) is 25.7. The summed E-state index contributed by atoms with van der Waals surface area (Å²) in [7, 11) is 4.78. The Balaban J connectivity index is 1.49. The van der Waals surface area contributed by atoms with Crippen LogP contribution < -0.4 is 5.32 Å². The lowest BCUT2D eigenvalue weighted by molar-refractivity contribution is -0.148. The van der Waals surface area contributed by atoms with E-state index in [2.05, 4.69) is 5.32 Å². The van der Waals surface area contributed by atoms with Crippen LogP contribution >= 0.6 is 11.6 Å². The molecular weight excluding hydrogens is 476 g/mol. The fraction of sp³-hybridized carbons (Fsp3) is 0.273. The molecular formula is C22H21B3ClF2N3O4. The van der Waals surface area contributed by atoms with Gasteiger partial charge in [-0.05, 0) is 35.7 Å². The Hall–Kier alpha value is -3.14. The molecule has 35 heavy (non-hydrogen) atoms. The number of nitrogens with one attached hydrogen (secondary N) is 1. The van der Waals surface area contributed by atoms with E-state index in [-0.39, 0.29) is 36.3 Å². The molecule has 178 valence electrons. The average Bonchev–Trinajstić information content (AvgIpc) is 3.16. The van der Waals surface area contributed by atoms with Gasteiger partial charge in [-0.3, -0.25) is 19.2 Å². The first-order valence-corrected chi connectivity index (χ1v) is 11.4. The van der Waals surface area contributed by atoms with Gasteiger partial charge in [0.1, 0.15) is 15.7 Å². The number of amides is 4. The number of hydrogen-bond acceptors (Lipinski definition) is 4. The van der Waals surface area contributed by atoms with Crippen molar-refractivity contribution in [3.05, 3.63) is 69.7 Å². The van der Waals surface area contributed by atoms with Crippen LogP contribution in [0.5, 0.6) is 0 Å². The Bertz CT molecular complexity index is 1250. The van der Waals surface area contributed by atoms with Gasteiger partial charge in [0.15, 0.2) is 0 Å². The number of alkyl halides is 2. The lowest BCUT2D eigenvalue weighted by Crippen LogP contribution is -2.65. The SMILES string of the molecule is BC1C[C@](B)(N2Cc3cc(CNC(=O)C(F)(F)c4ccc(Cl)cc4)ccc3C2=O)C(=O)N(B)C1=O. The number of rotatable bonds is 5. The molecule has 1 unspecified atom stereocenters. The van der Waals surface area contributed by atoms with Gasteiger partial charge >= 0.3 is 5.92 Å². The van der Waals surface area contributed by atoms with Crippen molar-refractivity contribution in [2.45, 2.75) is 36.7 Å². The number of carbonyl (C=O) groups is 4. The molecule has 0 saturated carbocycles. The number of fused-ring (bicyclic) bond motifs is 1. The van der Waals surface area contributed by atoms with Crippen LogP contribution in [0, 0.1) is 0 Å². The van der Waals surface area contributed by atoms with E-state index >= 15 is 0 Å². The van der Waals surface area contributed by atoms with E-state index in [1.165, 1.54) is 25.0 Å². The third-order valence-electron chi connectivity index (χ3n) is 6.74. The summed E-state index contributed by atoms with van der Waals surface area (Å²) in [5.74, 6) is -6.70. The summed E-state index contributed by atoms with van der Waals surface area (Å²) in [5.41, 5.74) is -0.120. The van der Waals surface area contributed by atoms with Gasteiger partial charge in [-0.15, -0.1) is 0 Å². The van der Waals surface area contributed by atoms with E-state index in [9.17, 15) is 28.0 Å². The van der Waals surface area contributed by atoms with Crippen LogP contribution in [0.3, 0.4) is 0 Å². The number of carbonyl (C=O) groups excluding carboxylic acids is 4. The minimum atomic E-state index is -3.75. The number of halogens is 3. The van der Waals surface area contributed by atoms with E-state index < -0.39 is 34.6 Å². The molecule has 0 aromatic heterocycles. The van der Waals surface area contributed by atoms with Gasteiger partial charge in [0, 0.05) is 35.1 Å². The first-order chi connectivity index (χ1) is 16.4. The standard InChI is InChI=1S/C22H21B3ClF2N3O4/c23-16-8-21(24,20(35)31(25)18(16)33)30-10-12-7-11(1-6-15(12)17(30)32)9-29-19(34)22(27,28)13-2-4-14(26)5-3-13/h1-7,16H,8-10,23-25H2,(H,29,34)/t16?,21-/m0/s1. The number of imide groups is 1. The lowest BCUT2D eigenvalue weighted by atomic mass is 9.61. The van der Waals surface area contributed by atoms with E-state index in [0.717, 1.165) is 16.9 Å². The highest BCUT2D eigenvalue weighted by Gasteiger charge is 2.52. The van der Waals surface area contributed by atoms with Crippen molar-refractivity contribution in [3.63, 3.8) is 0 Å². The Morgan fingerprint density at radius 1 is 1.17 bits per heavy atom. The zero-order valence-corrected chi connectivity index (χ0v) is 20.2. The molecule has 2 aliphatic rings. The molecule has 1 fully saturated rings. The molecule has 0 bridgehead atoms. The van der Waals surface area contributed by atoms with Crippen LogP contribution in [0.2, 0.25) is 10.8 Å². The maximum atomic E-state index is 14.5. The first kappa shape index (κ1) is 25.0. The summed E-state index contributed by atoms with van der Waals surface area (Å²) in [5, 5.41) is 2.52. The van der Waals surface area contributed by atoms with Crippen molar-refractivity contribution in [2.24, 2.45) is 0 Å². The monoisotopic (exact) mass is 497 g/mol. The van der Waals surface area contributed by atoms with Crippen molar-refractivity contribution < 1.29 is 28.0 Å². The molecule has 4 rings (SSSR count). The fourth-order valence-electron chi connectivity index (χ4n) is 4.75. The van der Waals surface area contributed by atoms with Crippen LogP contribution in [0.1, 0.15) is 33.5 Å². The Kier molecular flexibility index (Phi) is 6.29. The Labute approximate surface area is 208 Å². The van der Waals surface area contributed by atoms with Crippen molar-refractivity contribution in [3.8, 4) is 0 Å². The fourth-order valence-corrected chi connectivity index (χ4v) is 4.88. The highest BCUT2D eigenvalue weighted by molar-refractivity contribution is 6.42. The van der Waals surface area contributed by atoms with Crippen molar-refractivity contribution in [2.75, 3.05) is 0 Å². The van der Waals surface area contributed by atoms with E-state index in [1.54, 1.807) is 33.9 Å². The summed E-state index contributed by atoms with van der Waals surface area (Å²) in [4.78, 5) is 53.0. The molecule has 4 amide bonds. The van der Waals surface area contributed by atoms with Crippen molar-refractivity contribution in [1.29, 1.82) is 0 Å². The van der Waals surface area contributed by atoms with Gasteiger partial charge < -0.3 is 15.0 Å². The second-order valence-electron chi connectivity index (χ2n) is 9.23. The normalized spacial score (nSPS) is 22.4. The molecule has 2 aliphatic heterocycles. The third kappa shape index (κ3) is 4.24. The summed E-state index contributed by atoms with van der Waals surface area (Å²) in [6.45, 7) is -0.0398. The van der Waals surface area contributed by atoms with Crippen LogP contribution in [-0.2, 0) is 33.4 Å². The van der Waals surface area contributed by atoms with Gasteiger partial charge in [-0.2, -0.15) is 8.78 Å². The molecule has 2 aromatic rings. The molecule has 0 radical (unpaired) electrons. The maximum Gasteiger partial charge on any atom is 0.349 e. The predicted octanol–water partition coefficient (Wildman–Crippen LogP) is -0.238. The van der Waals surface area contributed by atoms with E-state index in [4.69, 9.17) is 11.6 Å². The molecule has 2 aromatic carbocycles. The topological polar surface area (TPSA) is 86.8 Å².